The molecule has 32 heavy (non-hydrogen) atoms. The van der Waals surface area contributed by atoms with Gasteiger partial charge in [0.05, 0.1) is 5.56 Å². The van der Waals surface area contributed by atoms with Crippen LogP contribution in [0.25, 0.3) is 0 Å². The molecule has 2 saturated heterocycles. The molecule has 0 spiro atoms. The van der Waals surface area contributed by atoms with Gasteiger partial charge in [-0.1, -0.05) is 18.2 Å². The van der Waals surface area contributed by atoms with Crippen molar-refractivity contribution in [3.8, 4) is 0 Å². The van der Waals surface area contributed by atoms with E-state index in [2.05, 4.69) is 37.5 Å². The predicted molar refractivity (Wildman–Crippen MR) is 117 cm³/mol. The molecule has 4 rings (SSSR count). The molecule has 0 amide bonds. The van der Waals surface area contributed by atoms with Crippen LogP contribution in [-0.2, 0) is 6.18 Å². The monoisotopic (exact) mass is 454 g/mol. The van der Waals surface area contributed by atoms with Gasteiger partial charge in [0.2, 0.25) is 0 Å². The molecular formula is C25H31F5N2. The van der Waals surface area contributed by atoms with Gasteiger partial charge in [0, 0.05) is 56.2 Å². The summed E-state index contributed by atoms with van der Waals surface area (Å²) in [5, 5.41) is 0. The number of hydrogen-bond donors (Lipinski definition) is 0. The fourth-order valence-corrected chi connectivity index (χ4v) is 4.05. The van der Waals surface area contributed by atoms with Crippen LogP contribution in [0.15, 0.2) is 42.5 Å². The summed E-state index contributed by atoms with van der Waals surface area (Å²) >= 11 is 0. The summed E-state index contributed by atoms with van der Waals surface area (Å²) in [4.78, 5) is 4.58. The van der Waals surface area contributed by atoms with E-state index in [1.54, 1.807) is 18.2 Å². The number of benzene rings is 2. The van der Waals surface area contributed by atoms with E-state index in [0.29, 0.717) is 23.6 Å². The molecule has 2 heterocycles. The zero-order valence-corrected chi connectivity index (χ0v) is 19.0. The zero-order chi connectivity index (χ0) is 23.6. The van der Waals surface area contributed by atoms with Gasteiger partial charge in [0.1, 0.15) is 11.6 Å². The molecule has 2 aliphatic rings. The molecule has 0 saturated carbocycles. The Balaban J connectivity index is 0.000000182. The molecule has 0 atom stereocenters. The summed E-state index contributed by atoms with van der Waals surface area (Å²) in [6, 6.07) is 10.4. The summed E-state index contributed by atoms with van der Waals surface area (Å²) in [7, 11) is 0. The molecule has 2 aromatic carbocycles. The van der Waals surface area contributed by atoms with Gasteiger partial charge in [-0.2, -0.15) is 13.2 Å². The van der Waals surface area contributed by atoms with Crippen LogP contribution >= 0.6 is 0 Å². The van der Waals surface area contributed by atoms with Gasteiger partial charge >= 0.3 is 6.18 Å². The smallest absolute Gasteiger partial charge is 0.300 e. The molecule has 0 aliphatic carbocycles. The minimum Gasteiger partial charge on any atom is -0.300 e. The SMILES string of the molecule is CC(C)N1CC(c2ccc(C(F)(F)F)cc2)C1.CC(C)N1CC(c2ccc(F)cc2F)C1. The van der Waals surface area contributed by atoms with E-state index in [9.17, 15) is 22.0 Å². The van der Waals surface area contributed by atoms with Crippen molar-refractivity contribution in [1.82, 2.24) is 9.80 Å². The van der Waals surface area contributed by atoms with E-state index in [0.717, 1.165) is 37.8 Å². The highest BCUT2D eigenvalue weighted by atomic mass is 19.4. The Morgan fingerprint density at radius 3 is 1.69 bits per heavy atom. The molecule has 0 N–H and O–H groups in total. The summed E-state index contributed by atoms with van der Waals surface area (Å²) in [6.45, 7) is 12.1. The van der Waals surface area contributed by atoms with Gasteiger partial charge < -0.3 is 0 Å². The van der Waals surface area contributed by atoms with Gasteiger partial charge in [-0.25, -0.2) is 8.78 Å². The Morgan fingerprint density at radius 1 is 0.750 bits per heavy atom. The highest BCUT2D eigenvalue weighted by Crippen LogP contribution is 2.33. The van der Waals surface area contributed by atoms with Crippen molar-refractivity contribution in [2.24, 2.45) is 0 Å². The summed E-state index contributed by atoms with van der Waals surface area (Å²) < 4.78 is 63.2. The molecule has 0 aromatic heterocycles. The Hall–Kier alpha value is -1.99. The molecular weight excluding hydrogens is 423 g/mol. The minimum absolute atomic E-state index is 0.230. The maximum atomic E-state index is 13.4. The molecule has 7 heteroatoms. The maximum absolute atomic E-state index is 13.4. The van der Waals surface area contributed by atoms with Crippen LogP contribution in [-0.4, -0.2) is 48.1 Å². The average molecular weight is 455 g/mol. The molecule has 2 aliphatic heterocycles. The highest BCUT2D eigenvalue weighted by molar-refractivity contribution is 5.29. The first-order chi connectivity index (χ1) is 15.0. The second-order valence-corrected chi connectivity index (χ2v) is 9.27. The van der Waals surface area contributed by atoms with Crippen molar-refractivity contribution < 1.29 is 22.0 Å². The van der Waals surface area contributed by atoms with Crippen molar-refractivity contribution in [2.75, 3.05) is 26.2 Å². The second kappa shape index (κ2) is 9.87. The van der Waals surface area contributed by atoms with E-state index in [1.165, 1.54) is 18.2 Å². The summed E-state index contributed by atoms with van der Waals surface area (Å²) in [6.07, 6.45) is -4.23. The third-order valence-corrected chi connectivity index (χ3v) is 6.39. The third kappa shape index (κ3) is 5.87. The number of hydrogen-bond acceptors (Lipinski definition) is 2. The fraction of sp³-hybridized carbons (Fsp3) is 0.520. The van der Waals surface area contributed by atoms with Crippen LogP contribution in [0, 0.1) is 11.6 Å². The van der Waals surface area contributed by atoms with Gasteiger partial charge in [0.25, 0.3) is 0 Å². The number of nitrogens with zero attached hydrogens (tertiary/aromatic N) is 2. The maximum Gasteiger partial charge on any atom is 0.416 e. The van der Waals surface area contributed by atoms with E-state index < -0.39 is 23.4 Å². The van der Waals surface area contributed by atoms with Crippen LogP contribution in [0.4, 0.5) is 22.0 Å². The van der Waals surface area contributed by atoms with Crippen molar-refractivity contribution >= 4 is 0 Å². The van der Waals surface area contributed by atoms with Crippen LogP contribution in [0.2, 0.25) is 0 Å². The lowest BCUT2D eigenvalue weighted by atomic mass is 9.90. The second-order valence-electron chi connectivity index (χ2n) is 9.27. The van der Waals surface area contributed by atoms with Crippen LogP contribution in [0.3, 0.4) is 0 Å². The van der Waals surface area contributed by atoms with Crippen molar-refractivity contribution in [1.29, 1.82) is 0 Å². The molecule has 0 unspecified atom stereocenters. The normalized spacial score (nSPS) is 18.3. The van der Waals surface area contributed by atoms with Crippen LogP contribution in [0.5, 0.6) is 0 Å². The number of halogens is 5. The number of alkyl halides is 3. The van der Waals surface area contributed by atoms with E-state index in [4.69, 9.17) is 0 Å². The number of likely N-dealkylation sites (tertiary alicyclic amines) is 2. The predicted octanol–water partition coefficient (Wildman–Crippen LogP) is 6.29. The van der Waals surface area contributed by atoms with Crippen molar-refractivity contribution in [3.63, 3.8) is 0 Å². The largest absolute Gasteiger partial charge is 0.416 e. The zero-order valence-electron chi connectivity index (χ0n) is 19.0. The highest BCUT2D eigenvalue weighted by Gasteiger charge is 2.33. The Bertz CT molecular complexity index is 880. The molecule has 2 fully saturated rings. The van der Waals surface area contributed by atoms with Crippen molar-refractivity contribution in [3.05, 3.63) is 70.8 Å². The molecule has 2 aromatic rings. The first kappa shape index (κ1) is 24.6. The Labute approximate surface area is 187 Å². The lowest BCUT2D eigenvalue weighted by Gasteiger charge is -2.42. The van der Waals surface area contributed by atoms with Crippen LogP contribution in [0.1, 0.15) is 56.2 Å². The third-order valence-electron chi connectivity index (χ3n) is 6.39. The van der Waals surface area contributed by atoms with Crippen molar-refractivity contribution in [2.45, 2.75) is 57.8 Å². The molecule has 0 bridgehead atoms. The fourth-order valence-electron chi connectivity index (χ4n) is 4.05. The quantitative estimate of drug-likeness (QED) is 0.502. The minimum atomic E-state index is -4.23. The van der Waals surface area contributed by atoms with Gasteiger partial charge in [-0.3, -0.25) is 9.80 Å². The lowest BCUT2D eigenvalue weighted by Crippen LogP contribution is -2.48. The van der Waals surface area contributed by atoms with Gasteiger partial charge in [0.15, 0.2) is 0 Å². The van der Waals surface area contributed by atoms with Gasteiger partial charge in [-0.15, -0.1) is 0 Å². The summed E-state index contributed by atoms with van der Waals surface area (Å²) in [5.41, 5.74) is 1.09. The lowest BCUT2D eigenvalue weighted by molar-refractivity contribution is -0.137. The molecule has 176 valence electrons. The average Bonchev–Trinajstić information content (AvgIpc) is 2.61. The van der Waals surface area contributed by atoms with E-state index >= 15 is 0 Å². The van der Waals surface area contributed by atoms with Crippen LogP contribution < -0.4 is 0 Å². The van der Waals surface area contributed by atoms with E-state index in [-0.39, 0.29) is 5.92 Å². The molecule has 2 nitrogen and oxygen atoms in total. The Morgan fingerprint density at radius 2 is 1.25 bits per heavy atom. The first-order valence-corrected chi connectivity index (χ1v) is 11.1. The van der Waals surface area contributed by atoms with Gasteiger partial charge in [-0.05, 0) is 57.0 Å². The van der Waals surface area contributed by atoms with E-state index in [1.807, 2.05) is 0 Å². The topological polar surface area (TPSA) is 6.48 Å². The number of rotatable bonds is 4. The summed E-state index contributed by atoms with van der Waals surface area (Å²) in [5.74, 6) is -0.299. The first-order valence-electron chi connectivity index (χ1n) is 11.1. The molecule has 0 radical (unpaired) electrons. The Kier molecular flexibility index (Phi) is 7.61. The standard InChI is InChI=1S/C13H16F3N.C12H15F2N/c1-9(2)17-7-11(8-17)10-3-5-12(6-4-10)13(14,15)16;1-8(2)15-6-9(7-15)11-4-3-10(13)5-12(11)14/h3-6,9,11H,7-8H2,1-2H3;3-5,8-9H,6-7H2,1-2H3.